The smallest absolute Gasteiger partial charge is 0.184 e. The van der Waals surface area contributed by atoms with Gasteiger partial charge in [0.2, 0.25) is 0 Å². The maximum Gasteiger partial charge on any atom is 0.184 e. The number of hydrogen-bond donors (Lipinski definition) is 0. The van der Waals surface area contributed by atoms with Crippen LogP contribution in [0.15, 0.2) is 23.8 Å². The Labute approximate surface area is 69.9 Å². The summed E-state index contributed by atoms with van der Waals surface area (Å²) in [6.45, 7) is 7.46. The third kappa shape index (κ3) is 3.53. The molecular formula is C9H16OSi. The lowest BCUT2D eigenvalue weighted by Gasteiger charge is -2.16. The van der Waals surface area contributed by atoms with Crippen molar-refractivity contribution in [1.29, 1.82) is 0 Å². The van der Waals surface area contributed by atoms with Crippen LogP contribution in [0.2, 0.25) is 19.6 Å². The Bertz CT molecular complexity index is 186. The van der Waals surface area contributed by atoms with Crippen LogP contribution in [0.25, 0.3) is 0 Å². The molecule has 1 rings (SSSR count). The molecule has 0 spiro atoms. The standard InChI is InChI=1S/C9H16OSi/c1-11(2,3)10-8-9-6-4-5-7-9/h4,6-7H,5,8H2,1-3H3. The minimum atomic E-state index is -1.30. The Hall–Kier alpha value is -0.343. The quantitative estimate of drug-likeness (QED) is 0.589. The fraction of sp³-hybridized carbons (Fsp3) is 0.556. The second kappa shape index (κ2) is 3.37. The maximum absolute atomic E-state index is 5.73. The monoisotopic (exact) mass is 168 g/mol. The average Bonchev–Trinajstić information content (AvgIpc) is 2.32. The largest absolute Gasteiger partial charge is 0.413 e. The van der Waals surface area contributed by atoms with E-state index in [2.05, 4.69) is 37.9 Å². The second-order valence-electron chi connectivity index (χ2n) is 3.82. The molecule has 0 atom stereocenters. The molecule has 0 bridgehead atoms. The second-order valence-corrected chi connectivity index (χ2v) is 8.33. The van der Waals surface area contributed by atoms with Gasteiger partial charge >= 0.3 is 0 Å². The number of hydrogen-bond acceptors (Lipinski definition) is 1. The normalized spacial score (nSPS) is 17.2. The Morgan fingerprint density at radius 1 is 1.45 bits per heavy atom. The van der Waals surface area contributed by atoms with Crippen molar-refractivity contribution in [3.8, 4) is 0 Å². The molecule has 0 N–H and O–H groups in total. The van der Waals surface area contributed by atoms with Crippen LogP contribution < -0.4 is 0 Å². The third-order valence-electron chi connectivity index (χ3n) is 1.52. The van der Waals surface area contributed by atoms with Gasteiger partial charge in [0, 0.05) is 0 Å². The molecule has 0 heterocycles. The van der Waals surface area contributed by atoms with E-state index >= 15 is 0 Å². The molecule has 1 aliphatic rings. The first kappa shape index (κ1) is 8.75. The molecule has 11 heavy (non-hydrogen) atoms. The molecule has 0 aliphatic heterocycles. The van der Waals surface area contributed by atoms with Crippen molar-refractivity contribution in [1.82, 2.24) is 0 Å². The van der Waals surface area contributed by atoms with Crippen LogP contribution in [-0.4, -0.2) is 14.9 Å². The fourth-order valence-electron chi connectivity index (χ4n) is 0.914. The van der Waals surface area contributed by atoms with E-state index in [4.69, 9.17) is 4.43 Å². The first-order chi connectivity index (χ1) is 5.08. The molecule has 0 aromatic rings. The minimum Gasteiger partial charge on any atom is -0.413 e. The van der Waals surface area contributed by atoms with E-state index in [1.807, 2.05) is 0 Å². The van der Waals surface area contributed by atoms with Gasteiger partial charge in [-0.2, -0.15) is 0 Å². The van der Waals surface area contributed by atoms with Crippen molar-refractivity contribution in [3.05, 3.63) is 23.8 Å². The first-order valence-electron chi connectivity index (χ1n) is 4.07. The molecule has 1 nitrogen and oxygen atoms in total. The lowest BCUT2D eigenvalue weighted by Crippen LogP contribution is -2.26. The molecular weight excluding hydrogens is 152 g/mol. The molecule has 62 valence electrons. The highest BCUT2D eigenvalue weighted by atomic mass is 28.4. The molecule has 0 saturated heterocycles. The van der Waals surface area contributed by atoms with Crippen molar-refractivity contribution in [2.45, 2.75) is 26.1 Å². The summed E-state index contributed by atoms with van der Waals surface area (Å²) in [4.78, 5) is 0. The highest BCUT2D eigenvalue weighted by Gasteiger charge is 2.14. The molecule has 0 unspecified atom stereocenters. The van der Waals surface area contributed by atoms with E-state index in [1.165, 1.54) is 5.57 Å². The van der Waals surface area contributed by atoms with Gasteiger partial charge < -0.3 is 4.43 Å². The molecule has 0 saturated carbocycles. The topological polar surface area (TPSA) is 9.23 Å². The Morgan fingerprint density at radius 3 is 2.64 bits per heavy atom. The van der Waals surface area contributed by atoms with E-state index in [0.29, 0.717) is 0 Å². The van der Waals surface area contributed by atoms with Crippen molar-refractivity contribution in [2.24, 2.45) is 0 Å². The fourth-order valence-corrected chi connectivity index (χ4v) is 1.51. The van der Waals surface area contributed by atoms with Crippen molar-refractivity contribution >= 4 is 8.32 Å². The van der Waals surface area contributed by atoms with Crippen LogP contribution in [0, 0.1) is 0 Å². The number of allylic oxidation sites excluding steroid dienone is 2. The average molecular weight is 168 g/mol. The molecule has 0 radical (unpaired) electrons. The maximum atomic E-state index is 5.73. The molecule has 0 aromatic carbocycles. The third-order valence-corrected chi connectivity index (χ3v) is 2.53. The van der Waals surface area contributed by atoms with Crippen molar-refractivity contribution in [2.75, 3.05) is 6.61 Å². The Balaban J connectivity index is 2.28. The Kier molecular flexibility index (Phi) is 2.68. The highest BCUT2D eigenvalue weighted by molar-refractivity contribution is 6.69. The zero-order chi connectivity index (χ0) is 8.32. The van der Waals surface area contributed by atoms with E-state index in [0.717, 1.165) is 13.0 Å². The van der Waals surface area contributed by atoms with Crippen LogP contribution in [0.3, 0.4) is 0 Å². The molecule has 0 aromatic heterocycles. The van der Waals surface area contributed by atoms with Gasteiger partial charge in [-0.1, -0.05) is 18.2 Å². The predicted molar refractivity (Wildman–Crippen MR) is 51.1 cm³/mol. The summed E-state index contributed by atoms with van der Waals surface area (Å²) in [6.07, 6.45) is 7.63. The highest BCUT2D eigenvalue weighted by Crippen LogP contribution is 2.12. The molecule has 1 aliphatic carbocycles. The molecule has 2 heteroatoms. The first-order valence-corrected chi connectivity index (χ1v) is 7.48. The summed E-state index contributed by atoms with van der Waals surface area (Å²) in [7, 11) is -1.30. The summed E-state index contributed by atoms with van der Waals surface area (Å²) in [6, 6.07) is 0. The summed E-state index contributed by atoms with van der Waals surface area (Å²) >= 11 is 0. The van der Waals surface area contributed by atoms with Crippen LogP contribution in [0.1, 0.15) is 6.42 Å². The van der Waals surface area contributed by atoms with E-state index in [1.54, 1.807) is 0 Å². The molecule has 0 amide bonds. The van der Waals surface area contributed by atoms with Gasteiger partial charge in [0.1, 0.15) is 0 Å². The van der Waals surface area contributed by atoms with Crippen LogP contribution in [0.4, 0.5) is 0 Å². The summed E-state index contributed by atoms with van der Waals surface area (Å²) in [5.41, 5.74) is 1.34. The Morgan fingerprint density at radius 2 is 2.18 bits per heavy atom. The summed E-state index contributed by atoms with van der Waals surface area (Å²) in [5, 5.41) is 0. The van der Waals surface area contributed by atoms with Crippen LogP contribution in [-0.2, 0) is 4.43 Å². The predicted octanol–water partition coefficient (Wildman–Crippen LogP) is 2.72. The summed E-state index contributed by atoms with van der Waals surface area (Å²) < 4.78 is 5.73. The van der Waals surface area contributed by atoms with Gasteiger partial charge in [-0.05, 0) is 31.6 Å². The van der Waals surface area contributed by atoms with E-state index < -0.39 is 8.32 Å². The van der Waals surface area contributed by atoms with E-state index in [9.17, 15) is 0 Å². The van der Waals surface area contributed by atoms with Gasteiger partial charge in [0.25, 0.3) is 0 Å². The van der Waals surface area contributed by atoms with Gasteiger partial charge in [-0.25, -0.2) is 0 Å². The van der Waals surface area contributed by atoms with Gasteiger partial charge in [0.05, 0.1) is 6.61 Å². The lowest BCUT2D eigenvalue weighted by atomic mass is 10.3. The lowest BCUT2D eigenvalue weighted by molar-refractivity contribution is 0.350. The zero-order valence-electron chi connectivity index (χ0n) is 7.55. The van der Waals surface area contributed by atoms with Crippen molar-refractivity contribution < 1.29 is 4.43 Å². The number of rotatable bonds is 3. The summed E-state index contributed by atoms with van der Waals surface area (Å²) in [5.74, 6) is 0. The molecule has 0 fully saturated rings. The SMILES string of the molecule is C[Si](C)(C)OCC1=CCC=C1. The van der Waals surface area contributed by atoms with Gasteiger partial charge in [-0.3, -0.25) is 0 Å². The van der Waals surface area contributed by atoms with Crippen LogP contribution in [0.5, 0.6) is 0 Å². The zero-order valence-corrected chi connectivity index (χ0v) is 8.55. The van der Waals surface area contributed by atoms with Crippen LogP contribution >= 0.6 is 0 Å². The van der Waals surface area contributed by atoms with E-state index in [-0.39, 0.29) is 0 Å². The van der Waals surface area contributed by atoms with Crippen molar-refractivity contribution in [3.63, 3.8) is 0 Å². The van der Waals surface area contributed by atoms with Gasteiger partial charge in [-0.15, -0.1) is 0 Å². The minimum absolute atomic E-state index is 0.812. The van der Waals surface area contributed by atoms with Gasteiger partial charge in [0.15, 0.2) is 8.32 Å².